The summed E-state index contributed by atoms with van der Waals surface area (Å²) in [6, 6.07) is 14.1. The van der Waals surface area contributed by atoms with Gasteiger partial charge in [-0.15, -0.1) is 0 Å². The van der Waals surface area contributed by atoms with Gasteiger partial charge < -0.3 is 9.88 Å². The summed E-state index contributed by atoms with van der Waals surface area (Å²) in [6.07, 6.45) is 0. The molecule has 0 saturated heterocycles. The van der Waals surface area contributed by atoms with Gasteiger partial charge in [0, 0.05) is 17.3 Å². The van der Waals surface area contributed by atoms with Crippen molar-refractivity contribution in [2.45, 2.75) is 26.9 Å². The molecule has 0 amide bonds. The van der Waals surface area contributed by atoms with E-state index < -0.39 is 0 Å². The van der Waals surface area contributed by atoms with E-state index in [-0.39, 0.29) is 0 Å². The summed E-state index contributed by atoms with van der Waals surface area (Å²) in [5, 5.41) is 4.12. The Hall–Kier alpha value is -2.00. The molecule has 0 aliphatic carbocycles. The minimum absolute atomic E-state index is 0.682. The minimum Gasteiger partial charge on any atom is -0.378 e. The van der Waals surface area contributed by atoms with Crippen molar-refractivity contribution < 1.29 is 0 Å². The third-order valence-electron chi connectivity index (χ3n) is 3.57. The number of rotatable bonds is 4. The zero-order chi connectivity index (χ0) is 14.8. The number of aromatic nitrogens is 2. The van der Waals surface area contributed by atoms with Crippen LogP contribution in [-0.2, 0) is 13.1 Å². The monoisotopic (exact) mass is 299 g/mol. The van der Waals surface area contributed by atoms with Gasteiger partial charge in [0.05, 0.1) is 17.6 Å². The number of nitrogens with zero attached hydrogens (tertiary/aromatic N) is 2. The molecule has 0 aliphatic rings. The van der Waals surface area contributed by atoms with E-state index in [2.05, 4.69) is 41.9 Å². The lowest BCUT2D eigenvalue weighted by molar-refractivity contribution is 0.729. The highest BCUT2D eigenvalue weighted by atomic mass is 35.5. The number of benzene rings is 2. The first kappa shape index (κ1) is 14.0. The summed E-state index contributed by atoms with van der Waals surface area (Å²) >= 11 is 6.01. The quantitative estimate of drug-likeness (QED) is 0.761. The van der Waals surface area contributed by atoms with Crippen LogP contribution in [0.2, 0.25) is 5.02 Å². The smallest absolute Gasteiger partial charge is 0.129 e. The first-order chi connectivity index (χ1) is 10.2. The normalized spacial score (nSPS) is 11.0. The topological polar surface area (TPSA) is 29.9 Å². The van der Waals surface area contributed by atoms with Crippen LogP contribution in [0.3, 0.4) is 0 Å². The number of fused-ring (bicyclic) bond motifs is 1. The summed E-state index contributed by atoms with van der Waals surface area (Å²) < 4.78 is 2.24. The molecule has 2 aromatic carbocycles. The zero-order valence-electron chi connectivity index (χ0n) is 12.2. The highest BCUT2D eigenvalue weighted by Crippen LogP contribution is 2.20. The third kappa shape index (κ3) is 2.88. The maximum absolute atomic E-state index is 6.01. The van der Waals surface area contributed by atoms with Crippen LogP contribution in [0.4, 0.5) is 5.69 Å². The van der Waals surface area contributed by atoms with Gasteiger partial charge in [-0.05, 0) is 49.7 Å². The van der Waals surface area contributed by atoms with E-state index in [1.54, 1.807) is 0 Å². The summed E-state index contributed by atoms with van der Waals surface area (Å²) in [5.41, 5.74) is 4.48. The predicted molar refractivity (Wildman–Crippen MR) is 88.9 cm³/mol. The molecule has 108 valence electrons. The fraction of sp³-hybridized carbons (Fsp3) is 0.235. The first-order valence-electron chi connectivity index (χ1n) is 7.12. The van der Waals surface area contributed by atoms with Crippen molar-refractivity contribution in [1.82, 2.24) is 9.55 Å². The maximum Gasteiger partial charge on any atom is 0.129 e. The van der Waals surface area contributed by atoms with E-state index in [0.717, 1.165) is 28.6 Å². The Balaban J connectivity index is 1.89. The fourth-order valence-electron chi connectivity index (χ4n) is 2.56. The second kappa shape index (κ2) is 5.78. The Bertz CT molecular complexity index is 777. The van der Waals surface area contributed by atoms with Crippen LogP contribution in [0.5, 0.6) is 0 Å². The molecule has 0 fully saturated rings. The van der Waals surface area contributed by atoms with Crippen LogP contribution >= 0.6 is 11.6 Å². The molecule has 0 unspecified atom stereocenters. The lowest BCUT2D eigenvalue weighted by atomic mass is 10.2. The molecule has 3 rings (SSSR count). The fourth-order valence-corrected chi connectivity index (χ4v) is 2.75. The molecule has 1 heterocycles. The van der Waals surface area contributed by atoms with Crippen LogP contribution in [0.15, 0.2) is 42.5 Å². The molecule has 0 bridgehead atoms. The van der Waals surface area contributed by atoms with E-state index in [1.165, 1.54) is 11.1 Å². The average Bonchev–Trinajstić information content (AvgIpc) is 2.81. The Kier molecular flexibility index (Phi) is 3.84. The van der Waals surface area contributed by atoms with E-state index in [1.807, 2.05) is 24.3 Å². The van der Waals surface area contributed by atoms with Crippen molar-refractivity contribution in [3.63, 3.8) is 0 Å². The number of halogens is 1. The number of aryl methyl sites for hydroxylation is 2. The highest BCUT2D eigenvalue weighted by Gasteiger charge is 2.09. The summed E-state index contributed by atoms with van der Waals surface area (Å²) in [7, 11) is 0. The number of nitrogens with one attached hydrogen (secondary N) is 1. The van der Waals surface area contributed by atoms with E-state index in [0.29, 0.717) is 6.54 Å². The summed E-state index contributed by atoms with van der Waals surface area (Å²) in [4.78, 5) is 4.75. The number of hydrogen-bond donors (Lipinski definition) is 1. The first-order valence-corrected chi connectivity index (χ1v) is 7.50. The van der Waals surface area contributed by atoms with Crippen molar-refractivity contribution in [1.29, 1.82) is 0 Å². The van der Waals surface area contributed by atoms with Gasteiger partial charge in [0.2, 0.25) is 0 Å². The molecule has 1 aromatic heterocycles. The molecule has 1 N–H and O–H groups in total. The zero-order valence-corrected chi connectivity index (χ0v) is 13.0. The Morgan fingerprint density at radius 3 is 2.81 bits per heavy atom. The molecule has 0 saturated carbocycles. The van der Waals surface area contributed by atoms with Crippen molar-refractivity contribution in [3.05, 3.63) is 58.9 Å². The van der Waals surface area contributed by atoms with Crippen LogP contribution in [0.25, 0.3) is 11.0 Å². The van der Waals surface area contributed by atoms with Crippen molar-refractivity contribution in [3.8, 4) is 0 Å². The second-order valence-corrected chi connectivity index (χ2v) is 5.56. The molecular formula is C17H18ClN3. The van der Waals surface area contributed by atoms with Gasteiger partial charge in [0.15, 0.2) is 0 Å². The van der Waals surface area contributed by atoms with Gasteiger partial charge in [-0.2, -0.15) is 0 Å². The Labute approximate surface area is 129 Å². The van der Waals surface area contributed by atoms with Crippen LogP contribution in [0, 0.1) is 6.92 Å². The number of imidazole rings is 1. The number of anilines is 1. The van der Waals surface area contributed by atoms with Crippen molar-refractivity contribution >= 4 is 28.3 Å². The van der Waals surface area contributed by atoms with E-state index in [9.17, 15) is 0 Å². The maximum atomic E-state index is 6.01. The molecule has 0 atom stereocenters. The van der Waals surface area contributed by atoms with Crippen molar-refractivity contribution in [2.24, 2.45) is 0 Å². The van der Waals surface area contributed by atoms with Crippen LogP contribution < -0.4 is 5.32 Å². The molecule has 0 spiro atoms. The van der Waals surface area contributed by atoms with Gasteiger partial charge in [-0.3, -0.25) is 0 Å². The second-order valence-electron chi connectivity index (χ2n) is 5.13. The molecule has 4 heteroatoms. The lowest BCUT2D eigenvalue weighted by Gasteiger charge is -2.09. The molecule has 0 aliphatic heterocycles. The third-order valence-corrected chi connectivity index (χ3v) is 3.81. The molecule has 0 radical (unpaired) electrons. The SMILES string of the molecule is CCn1c(CNc2cccc(Cl)c2)nc2cc(C)ccc21. The molecule has 3 nitrogen and oxygen atoms in total. The summed E-state index contributed by atoms with van der Waals surface area (Å²) in [5.74, 6) is 1.04. The predicted octanol–water partition coefficient (Wildman–Crippen LogP) is 4.63. The van der Waals surface area contributed by atoms with E-state index >= 15 is 0 Å². The van der Waals surface area contributed by atoms with Gasteiger partial charge in [0.25, 0.3) is 0 Å². The van der Waals surface area contributed by atoms with Crippen LogP contribution in [0.1, 0.15) is 18.3 Å². The Morgan fingerprint density at radius 1 is 1.19 bits per heavy atom. The lowest BCUT2D eigenvalue weighted by Crippen LogP contribution is -2.07. The average molecular weight is 300 g/mol. The van der Waals surface area contributed by atoms with Gasteiger partial charge in [0.1, 0.15) is 5.82 Å². The minimum atomic E-state index is 0.682. The van der Waals surface area contributed by atoms with Crippen LogP contribution in [-0.4, -0.2) is 9.55 Å². The Morgan fingerprint density at radius 2 is 2.05 bits per heavy atom. The largest absolute Gasteiger partial charge is 0.378 e. The van der Waals surface area contributed by atoms with E-state index in [4.69, 9.17) is 16.6 Å². The van der Waals surface area contributed by atoms with Gasteiger partial charge in [-0.1, -0.05) is 23.7 Å². The molecular weight excluding hydrogens is 282 g/mol. The summed E-state index contributed by atoms with van der Waals surface area (Å²) in [6.45, 7) is 5.83. The van der Waals surface area contributed by atoms with Gasteiger partial charge in [-0.25, -0.2) is 4.98 Å². The van der Waals surface area contributed by atoms with Gasteiger partial charge >= 0.3 is 0 Å². The number of hydrogen-bond acceptors (Lipinski definition) is 2. The standard InChI is InChI=1S/C17H18ClN3/c1-3-21-16-8-7-12(2)9-15(16)20-17(21)11-19-14-6-4-5-13(18)10-14/h4-10,19H,3,11H2,1-2H3. The highest BCUT2D eigenvalue weighted by molar-refractivity contribution is 6.30. The molecule has 21 heavy (non-hydrogen) atoms. The van der Waals surface area contributed by atoms with Crippen molar-refractivity contribution in [2.75, 3.05) is 5.32 Å². The molecule has 3 aromatic rings.